The topological polar surface area (TPSA) is 392 Å². The van der Waals surface area contributed by atoms with Crippen molar-refractivity contribution in [2.24, 2.45) is 47.3 Å². The minimum atomic E-state index is -0.975. The predicted molar refractivity (Wildman–Crippen MR) is 423 cm³/mol. The molecule has 3 fully saturated rings. The number of benzene rings is 1. The van der Waals surface area contributed by atoms with Gasteiger partial charge < -0.3 is 62.1 Å². The van der Waals surface area contributed by atoms with Gasteiger partial charge in [0, 0.05) is 97.2 Å². The molecule has 108 heavy (non-hydrogen) atoms. The van der Waals surface area contributed by atoms with Crippen LogP contribution >= 0.6 is 64.8 Å². The second-order valence-corrected chi connectivity index (χ2v) is 36.8. The number of nitrogens with one attached hydrogen (secondary N) is 9. The number of carbonyl (C=O) groups excluding carboxylic acids is 15. The fourth-order valence-electron chi connectivity index (χ4n) is 11.8. The zero-order valence-corrected chi connectivity index (χ0v) is 68.2. The van der Waals surface area contributed by atoms with Crippen molar-refractivity contribution in [2.75, 3.05) is 54.2 Å². The Balaban J connectivity index is 0.000000291. The average molecular weight is 1620 g/mol. The van der Waals surface area contributed by atoms with E-state index in [1.807, 2.05) is 118 Å². The van der Waals surface area contributed by atoms with E-state index in [1.54, 1.807) is 50.6 Å². The SMILES string of the molecule is CC(C)C[C@@H]1NC(=O)[C@H]2CSSCC/C=C/[C@H](CC(=O)C[C@H](C(C)C)C(=O)N2)OC(=O)CNC1=O.CC(C)C[C@H]1NC(=O)[C@H]2CSSCC/C=C/[C@H](CC(=O)C[C@H](C(C)C)C(=O)N2)OC(=O)CNC1=O.CC(C)[C@H]1CC(=O)C[C@H]2/C=C/CCSSC[C@@H](NC1=O)C(=O)N[C@@H](Cc1ccccc1)C(=O)NCC(=O)O2. The van der Waals surface area contributed by atoms with Gasteiger partial charge >= 0.3 is 17.9 Å². The number of fused-ring (bicyclic) bond motifs is 21. The number of Topliss-reactive ketones (excluding diaryl/α,β-unsaturated/α-hetero) is 3. The molecule has 1 aromatic rings. The third-order valence-corrected chi connectivity index (χ3v) is 25.1. The summed E-state index contributed by atoms with van der Waals surface area (Å²) in [6.07, 6.45) is 11.0. The van der Waals surface area contributed by atoms with Crippen LogP contribution in [0, 0.1) is 47.3 Å². The molecule has 33 heteroatoms. The van der Waals surface area contributed by atoms with Gasteiger partial charge in [-0.3, -0.25) is 71.9 Å². The molecule has 0 saturated carbocycles. The number of ketones is 3. The van der Waals surface area contributed by atoms with Crippen LogP contribution in [0.2, 0.25) is 0 Å². The Kier molecular flexibility index (Phi) is 41.4. The van der Waals surface area contributed by atoms with Gasteiger partial charge in [0.15, 0.2) is 0 Å². The van der Waals surface area contributed by atoms with E-state index < -0.39 is 138 Å². The molecular weight excluding hydrogens is 1510 g/mol. The van der Waals surface area contributed by atoms with E-state index >= 15 is 0 Å². The number of carbonyl (C=O) groups is 15. The molecule has 0 spiro atoms. The van der Waals surface area contributed by atoms with E-state index in [2.05, 4.69) is 47.9 Å². The third kappa shape index (κ3) is 34.6. The Bertz CT molecular complexity index is 3210. The van der Waals surface area contributed by atoms with Gasteiger partial charge in [0.05, 0.1) is 0 Å². The highest BCUT2D eigenvalue weighted by Gasteiger charge is 2.38. The molecular formula is C75H109N9O18S6. The van der Waals surface area contributed by atoms with E-state index in [1.165, 1.54) is 32.4 Å². The largest absolute Gasteiger partial charge is 0.456 e. The highest BCUT2D eigenvalue weighted by molar-refractivity contribution is 8.77. The van der Waals surface area contributed by atoms with Crippen LogP contribution < -0.4 is 47.9 Å². The standard InChI is InChI=1S/C27H35N3O6S2.2C24H37N3O6S2/c1-17(2)21-14-19(31)13-20-10-6-7-11-37-38-16-23(30-25(21)33)27(35)29-22(12-18-8-4-3-5-9-18)26(34)28-15-24(32)36-20;2*1-14(2)9-19-23(31)25-12-21(29)33-17-7-5-6-8-34-35-13-20(24(32)26-19)27-22(30)18(15(3)4)11-16(28)10-17/h3-6,8-10,17,20-23H,7,11-16H2,1-2H3,(H,28,34)(H,29,35)(H,30,33);2*5,7,14-15,17-20H,6,8-13H2,1-4H3,(H,25,31)(H,26,32)(H,27,30)/b10-6+;2*7-5+/t20-,21-,22+,23-;17-,18-,19+,20-;17-,18-,19-,20-/m111/s1. The van der Waals surface area contributed by atoms with Gasteiger partial charge in [-0.05, 0) is 85.5 Å². The first-order valence-electron chi connectivity index (χ1n) is 36.9. The molecule has 9 amide bonds. The molecule has 3 saturated heterocycles. The Hall–Kier alpha value is -6.81. The van der Waals surface area contributed by atoms with Crippen molar-refractivity contribution >= 4 is 153 Å². The Labute approximate surface area is 657 Å². The first kappa shape index (κ1) is 91.8. The van der Waals surface area contributed by atoms with Crippen molar-refractivity contribution < 1.29 is 86.1 Å². The number of rotatable bonds is 9. The summed E-state index contributed by atoms with van der Waals surface area (Å²) in [5.74, 6) is -5.91. The summed E-state index contributed by atoms with van der Waals surface area (Å²) in [4.78, 5) is 194. The molecule has 0 aromatic heterocycles. The predicted octanol–water partition coefficient (Wildman–Crippen LogP) is 6.22. The van der Waals surface area contributed by atoms with Crippen molar-refractivity contribution in [1.29, 1.82) is 0 Å². The van der Waals surface area contributed by atoms with Crippen LogP contribution in [0.15, 0.2) is 66.8 Å². The molecule has 6 aliphatic rings. The monoisotopic (exact) mass is 1620 g/mol. The lowest BCUT2D eigenvalue weighted by Gasteiger charge is -2.27. The fraction of sp³-hybridized carbons (Fsp3) is 0.640. The van der Waals surface area contributed by atoms with Crippen LogP contribution in [0.3, 0.4) is 0 Å². The minimum Gasteiger partial charge on any atom is -0.456 e. The highest BCUT2D eigenvalue weighted by Crippen LogP contribution is 2.29. The lowest BCUT2D eigenvalue weighted by molar-refractivity contribution is -0.149. The smallest absolute Gasteiger partial charge is 0.326 e. The normalized spacial score (nSPS) is 28.6. The van der Waals surface area contributed by atoms with Crippen LogP contribution in [-0.4, -0.2) is 197 Å². The van der Waals surface area contributed by atoms with Crippen molar-refractivity contribution in [3.63, 3.8) is 0 Å². The molecule has 27 nitrogen and oxygen atoms in total. The maximum absolute atomic E-state index is 13.4. The zero-order chi connectivity index (χ0) is 79.4. The van der Waals surface area contributed by atoms with Gasteiger partial charge in [-0.2, -0.15) is 0 Å². The average Bonchev–Trinajstić information content (AvgIpc) is 0.960. The van der Waals surface area contributed by atoms with Crippen LogP contribution in [-0.2, 0) is 92.5 Å². The summed E-state index contributed by atoms with van der Waals surface area (Å²) in [5, 5.41) is 24.4. The van der Waals surface area contributed by atoms with Gasteiger partial charge in [-0.25, -0.2) is 0 Å². The minimum absolute atomic E-state index is 0.0195. The molecule has 6 bridgehead atoms. The first-order chi connectivity index (χ1) is 51.3. The second kappa shape index (κ2) is 48.8. The van der Waals surface area contributed by atoms with Crippen LogP contribution in [0.1, 0.15) is 145 Å². The zero-order valence-electron chi connectivity index (χ0n) is 63.3. The number of ether oxygens (including phenoxy) is 3. The van der Waals surface area contributed by atoms with Gasteiger partial charge in [0.25, 0.3) is 0 Å². The van der Waals surface area contributed by atoms with Crippen LogP contribution in [0.5, 0.6) is 0 Å². The Morgan fingerprint density at radius 2 is 0.648 bits per heavy atom. The summed E-state index contributed by atoms with van der Waals surface area (Å²) >= 11 is 0. The number of esters is 3. The lowest BCUT2D eigenvalue weighted by Crippen LogP contribution is -2.56. The van der Waals surface area contributed by atoms with Crippen LogP contribution in [0.4, 0.5) is 0 Å². The number of allylic oxidation sites excluding steroid dienone is 3. The number of amides is 9. The van der Waals surface area contributed by atoms with Gasteiger partial charge in [-0.15, -0.1) is 0 Å². The van der Waals surface area contributed by atoms with Gasteiger partial charge in [-0.1, -0.05) is 183 Å². The summed E-state index contributed by atoms with van der Waals surface area (Å²) in [7, 11) is 9.04. The summed E-state index contributed by atoms with van der Waals surface area (Å²) in [6, 6.07) is 3.85. The highest BCUT2D eigenvalue weighted by atomic mass is 33.1. The van der Waals surface area contributed by atoms with E-state index in [-0.39, 0.29) is 123 Å². The summed E-state index contributed by atoms with van der Waals surface area (Å²) in [5.41, 5.74) is 0.824. The fourth-order valence-corrected chi connectivity index (χ4v) is 18.2. The molecule has 0 radical (unpaired) electrons. The Morgan fingerprint density at radius 1 is 0.352 bits per heavy atom. The molecule has 0 unspecified atom stereocenters. The molecule has 598 valence electrons. The summed E-state index contributed by atoms with van der Waals surface area (Å²) in [6.45, 7) is 17.7. The number of hydrogen-bond acceptors (Lipinski definition) is 24. The number of hydrogen-bond donors (Lipinski definition) is 9. The molecule has 6 heterocycles. The first-order valence-corrected chi connectivity index (χ1v) is 44.4. The summed E-state index contributed by atoms with van der Waals surface area (Å²) < 4.78 is 16.5. The van der Waals surface area contributed by atoms with Crippen LogP contribution in [0.25, 0.3) is 0 Å². The molecule has 6 aliphatic heterocycles. The molecule has 7 rings (SSSR count). The van der Waals surface area contributed by atoms with Gasteiger partial charge in [0.1, 0.15) is 91.5 Å². The van der Waals surface area contributed by atoms with Crippen molar-refractivity contribution in [2.45, 2.75) is 201 Å². The third-order valence-electron chi connectivity index (χ3n) is 17.7. The van der Waals surface area contributed by atoms with Crippen molar-refractivity contribution in [3.05, 3.63) is 72.4 Å². The molecule has 0 aliphatic carbocycles. The maximum Gasteiger partial charge on any atom is 0.326 e. The quantitative estimate of drug-likeness (QED) is 0.0573. The van der Waals surface area contributed by atoms with Crippen molar-refractivity contribution in [1.82, 2.24) is 47.9 Å². The Morgan fingerprint density at radius 3 is 0.944 bits per heavy atom. The van der Waals surface area contributed by atoms with Crippen molar-refractivity contribution in [3.8, 4) is 0 Å². The van der Waals surface area contributed by atoms with E-state index in [4.69, 9.17) is 14.2 Å². The maximum atomic E-state index is 13.4. The molecule has 9 N–H and O–H groups in total. The van der Waals surface area contributed by atoms with E-state index in [9.17, 15) is 71.9 Å². The molecule has 12 atom stereocenters. The van der Waals surface area contributed by atoms with E-state index in [0.29, 0.717) is 43.6 Å². The second-order valence-electron chi connectivity index (χ2n) is 28.9. The van der Waals surface area contributed by atoms with E-state index in [0.717, 1.165) is 22.8 Å². The van der Waals surface area contributed by atoms with Gasteiger partial charge in [0.2, 0.25) is 53.2 Å². The molecule has 1 aromatic carbocycles. The lowest BCUT2D eigenvalue weighted by atomic mass is 9.88.